The zero-order valence-electron chi connectivity index (χ0n) is 11.5. The molecule has 4 nitrogen and oxygen atoms in total. The van der Waals surface area contributed by atoms with E-state index in [-0.39, 0.29) is 0 Å². The minimum absolute atomic E-state index is 0.540. The van der Waals surface area contributed by atoms with Gasteiger partial charge in [-0.25, -0.2) is 0 Å². The van der Waals surface area contributed by atoms with E-state index in [1.54, 1.807) is 0 Å². The number of ether oxygens (including phenoxy) is 2. The molecular formula is C15H22N2O2. The lowest BCUT2D eigenvalue weighted by molar-refractivity contribution is 0.166. The van der Waals surface area contributed by atoms with Crippen LogP contribution in [-0.4, -0.2) is 30.8 Å². The van der Waals surface area contributed by atoms with Gasteiger partial charge in [0.2, 0.25) is 0 Å². The van der Waals surface area contributed by atoms with Gasteiger partial charge in [-0.2, -0.15) is 0 Å². The number of hydrogen-bond acceptors (Lipinski definition) is 4. The Labute approximate surface area is 114 Å². The second kappa shape index (κ2) is 5.88. The van der Waals surface area contributed by atoms with Crippen LogP contribution in [0.15, 0.2) is 12.3 Å². The Bertz CT molecular complexity index is 426. The summed E-state index contributed by atoms with van der Waals surface area (Å²) >= 11 is 0. The van der Waals surface area contributed by atoms with Gasteiger partial charge in [-0.05, 0) is 26.2 Å². The van der Waals surface area contributed by atoms with Crippen molar-refractivity contribution in [2.75, 3.05) is 19.8 Å². The first-order valence-corrected chi connectivity index (χ1v) is 7.21. The maximum atomic E-state index is 5.99. The third-order valence-electron chi connectivity index (χ3n) is 3.74. The Morgan fingerprint density at radius 2 is 2.32 bits per heavy atom. The summed E-state index contributed by atoms with van der Waals surface area (Å²) in [6.45, 7) is 5.32. The molecule has 1 saturated heterocycles. The SMILES string of the molecule is Cc1cc(OCC2CCOC2)c(CNC2CC2)cn1. The molecule has 0 spiro atoms. The normalized spacial score (nSPS) is 22.7. The molecule has 0 amide bonds. The summed E-state index contributed by atoms with van der Waals surface area (Å²) in [5, 5.41) is 3.52. The first-order valence-electron chi connectivity index (χ1n) is 7.21. The summed E-state index contributed by atoms with van der Waals surface area (Å²) in [5.41, 5.74) is 2.17. The Morgan fingerprint density at radius 1 is 1.42 bits per heavy atom. The molecule has 1 aromatic heterocycles. The third-order valence-corrected chi connectivity index (χ3v) is 3.74. The fourth-order valence-corrected chi connectivity index (χ4v) is 2.29. The highest BCUT2D eigenvalue weighted by Crippen LogP contribution is 2.24. The fraction of sp³-hybridized carbons (Fsp3) is 0.667. The van der Waals surface area contributed by atoms with Gasteiger partial charge in [0.25, 0.3) is 0 Å². The van der Waals surface area contributed by atoms with Gasteiger partial charge in [0.1, 0.15) is 5.75 Å². The molecule has 2 fully saturated rings. The lowest BCUT2D eigenvalue weighted by Crippen LogP contribution is -2.18. The molecule has 3 rings (SSSR count). The van der Waals surface area contributed by atoms with Gasteiger partial charge in [-0.1, -0.05) is 0 Å². The van der Waals surface area contributed by atoms with Gasteiger partial charge in [-0.15, -0.1) is 0 Å². The zero-order chi connectivity index (χ0) is 13.1. The molecule has 0 radical (unpaired) electrons. The van der Waals surface area contributed by atoms with E-state index in [0.717, 1.165) is 49.8 Å². The van der Waals surface area contributed by atoms with E-state index in [1.807, 2.05) is 19.2 Å². The Kier molecular flexibility index (Phi) is 3.99. The number of nitrogens with one attached hydrogen (secondary N) is 1. The first-order chi connectivity index (χ1) is 9.31. The molecule has 4 heteroatoms. The molecule has 2 heterocycles. The number of nitrogens with zero attached hydrogens (tertiary/aromatic N) is 1. The second-order valence-corrected chi connectivity index (χ2v) is 5.63. The summed E-state index contributed by atoms with van der Waals surface area (Å²) < 4.78 is 11.4. The van der Waals surface area contributed by atoms with E-state index in [4.69, 9.17) is 9.47 Å². The van der Waals surface area contributed by atoms with E-state index in [9.17, 15) is 0 Å². The standard InChI is InChI=1S/C15H22N2O2/c1-11-6-15(19-10-12-4-5-18-9-12)13(7-16-11)8-17-14-2-3-14/h6-7,12,14,17H,2-5,8-10H2,1H3. The van der Waals surface area contributed by atoms with Crippen LogP contribution in [0.1, 0.15) is 30.5 Å². The maximum absolute atomic E-state index is 5.99. The minimum atomic E-state index is 0.540. The number of rotatable bonds is 6. The van der Waals surface area contributed by atoms with Crippen molar-refractivity contribution in [3.05, 3.63) is 23.5 Å². The predicted octanol–water partition coefficient (Wildman–Crippen LogP) is 2.06. The lowest BCUT2D eigenvalue weighted by Gasteiger charge is -2.14. The number of hydrogen-bond donors (Lipinski definition) is 1. The Hall–Kier alpha value is -1.13. The summed E-state index contributed by atoms with van der Waals surface area (Å²) in [4.78, 5) is 4.37. The molecule has 19 heavy (non-hydrogen) atoms. The van der Waals surface area contributed by atoms with Crippen molar-refractivity contribution in [3.63, 3.8) is 0 Å². The van der Waals surface area contributed by atoms with E-state index in [2.05, 4.69) is 10.3 Å². The summed E-state index contributed by atoms with van der Waals surface area (Å²) in [6.07, 6.45) is 5.65. The molecule has 1 aromatic rings. The quantitative estimate of drug-likeness (QED) is 0.852. The van der Waals surface area contributed by atoms with Crippen LogP contribution in [-0.2, 0) is 11.3 Å². The van der Waals surface area contributed by atoms with Crippen molar-refractivity contribution in [1.82, 2.24) is 10.3 Å². The summed E-state index contributed by atoms with van der Waals surface area (Å²) in [7, 11) is 0. The van der Waals surface area contributed by atoms with Gasteiger partial charge in [0.15, 0.2) is 0 Å². The van der Waals surface area contributed by atoms with E-state index >= 15 is 0 Å². The van der Waals surface area contributed by atoms with Gasteiger partial charge >= 0.3 is 0 Å². The van der Waals surface area contributed by atoms with Gasteiger partial charge < -0.3 is 14.8 Å². The van der Waals surface area contributed by atoms with Crippen LogP contribution in [0.25, 0.3) is 0 Å². The summed E-state index contributed by atoms with van der Waals surface area (Å²) in [5.74, 6) is 1.52. The molecule has 1 atom stereocenters. The largest absolute Gasteiger partial charge is 0.493 e. The third kappa shape index (κ3) is 3.67. The van der Waals surface area contributed by atoms with Gasteiger partial charge in [0.05, 0.1) is 13.2 Å². The van der Waals surface area contributed by atoms with Crippen LogP contribution in [0.2, 0.25) is 0 Å². The van der Waals surface area contributed by atoms with Crippen molar-refractivity contribution in [3.8, 4) is 5.75 Å². The van der Waals surface area contributed by atoms with Crippen molar-refractivity contribution < 1.29 is 9.47 Å². The van der Waals surface area contributed by atoms with Crippen LogP contribution in [0, 0.1) is 12.8 Å². The van der Waals surface area contributed by atoms with E-state index in [1.165, 1.54) is 12.8 Å². The van der Waals surface area contributed by atoms with Crippen molar-refractivity contribution in [1.29, 1.82) is 0 Å². The molecule has 104 valence electrons. The zero-order valence-corrected chi connectivity index (χ0v) is 11.5. The minimum Gasteiger partial charge on any atom is -0.493 e. The highest BCUT2D eigenvalue weighted by atomic mass is 16.5. The number of aryl methyl sites for hydroxylation is 1. The van der Waals surface area contributed by atoms with Crippen molar-refractivity contribution >= 4 is 0 Å². The van der Waals surface area contributed by atoms with Gasteiger partial charge in [0, 0.05) is 48.6 Å². The average Bonchev–Trinajstić information content (AvgIpc) is 3.09. The summed E-state index contributed by atoms with van der Waals surface area (Å²) in [6, 6.07) is 2.75. The number of pyridine rings is 1. The molecule has 1 unspecified atom stereocenters. The van der Waals surface area contributed by atoms with Crippen LogP contribution < -0.4 is 10.1 Å². The Balaban J connectivity index is 1.60. The maximum Gasteiger partial charge on any atom is 0.127 e. The lowest BCUT2D eigenvalue weighted by atomic mass is 10.1. The molecule has 2 aliphatic rings. The molecule has 1 aliphatic carbocycles. The van der Waals surface area contributed by atoms with Crippen molar-refractivity contribution in [2.24, 2.45) is 5.92 Å². The fourth-order valence-electron chi connectivity index (χ4n) is 2.29. The molecule has 1 N–H and O–H groups in total. The first kappa shape index (κ1) is 12.9. The molecule has 1 aliphatic heterocycles. The molecular weight excluding hydrogens is 240 g/mol. The van der Waals surface area contributed by atoms with E-state index < -0.39 is 0 Å². The van der Waals surface area contributed by atoms with Crippen LogP contribution >= 0.6 is 0 Å². The predicted molar refractivity (Wildman–Crippen MR) is 73.3 cm³/mol. The van der Waals surface area contributed by atoms with Crippen LogP contribution in [0.3, 0.4) is 0 Å². The highest BCUT2D eigenvalue weighted by Gasteiger charge is 2.21. The van der Waals surface area contributed by atoms with Crippen LogP contribution in [0.5, 0.6) is 5.75 Å². The molecule has 1 saturated carbocycles. The second-order valence-electron chi connectivity index (χ2n) is 5.63. The Morgan fingerprint density at radius 3 is 3.05 bits per heavy atom. The van der Waals surface area contributed by atoms with E-state index in [0.29, 0.717) is 12.0 Å². The topological polar surface area (TPSA) is 43.4 Å². The van der Waals surface area contributed by atoms with Crippen molar-refractivity contribution in [2.45, 2.75) is 38.8 Å². The highest BCUT2D eigenvalue weighted by molar-refractivity contribution is 5.33. The number of aromatic nitrogens is 1. The van der Waals surface area contributed by atoms with Gasteiger partial charge in [-0.3, -0.25) is 4.98 Å². The molecule has 0 bridgehead atoms. The average molecular weight is 262 g/mol. The molecule has 0 aromatic carbocycles. The van der Waals surface area contributed by atoms with Crippen LogP contribution in [0.4, 0.5) is 0 Å². The monoisotopic (exact) mass is 262 g/mol. The smallest absolute Gasteiger partial charge is 0.127 e.